The highest BCUT2D eigenvalue weighted by atomic mass is 32.2. The molecule has 3 N–H and O–H groups in total. The molecule has 2 aromatic rings. The molecule has 0 spiro atoms. The van der Waals surface area contributed by atoms with Gasteiger partial charge >= 0.3 is 0 Å². The number of nitrogens with one attached hydrogen (secondary N) is 1. The quantitative estimate of drug-likeness (QED) is 0.834. The summed E-state index contributed by atoms with van der Waals surface area (Å²) in [5.41, 5.74) is 6.93. The van der Waals surface area contributed by atoms with Crippen LogP contribution in [0.1, 0.15) is 18.5 Å². The first-order valence-corrected chi connectivity index (χ1v) is 5.60. The predicted molar refractivity (Wildman–Crippen MR) is 61.8 cm³/mol. The maximum absolute atomic E-state index is 5.77. The van der Waals surface area contributed by atoms with Gasteiger partial charge in [-0.1, -0.05) is 23.9 Å². The highest BCUT2D eigenvalue weighted by Gasteiger charge is 2.01. The van der Waals surface area contributed by atoms with Gasteiger partial charge in [0.25, 0.3) is 0 Å². The summed E-state index contributed by atoms with van der Waals surface area (Å²) in [5, 5.41) is 0.906. The minimum Gasteiger partial charge on any atom is -0.339 e. The van der Waals surface area contributed by atoms with E-state index in [0.29, 0.717) is 0 Å². The summed E-state index contributed by atoms with van der Waals surface area (Å²) in [6, 6.07) is 8.32. The van der Waals surface area contributed by atoms with E-state index in [-0.39, 0.29) is 6.04 Å². The van der Waals surface area contributed by atoms with Crippen LogP contribution < -0.4 is 5.73 Å². The highest BCUT2D eigenvalue weighted by molar-refractivity contribution is 7.99. The van der Waals surface area contributed by atoms with Crippen molar-refractivity contribution in [2.24, 2.45) is 5.73 Å². The van der Waals surface area contributed by atoms with Gasteiger partial charge in [-0.3, -0.25) is 0 Å². The van der Waals surface area contributed by atoms with E-state index in [1.807, 2.05) is 13.1 Å². The molecule has 3 nitrogen and oxygen atoms in total. The lowest BCUT2D eigenvalue weighted by atomic mass is 10.1. The van der Waals surface area contributed by atoms with Crippen molar-refractivity contribution in [1.82, 2.24) is 9.97 Å². The van der Waals surface area contributed by atoms with Gasteiger partial charge in [0.1, 0.15) is 0 Å². The van der Waals surface area contributed by atoms with Crippen LogP contribution in [0.4, 0.5) is 0 Å². The van der Waals surface area contributed by atoms with Crippen molar-refractivity contribution in [1.29, 1.82) is 0 Å². The lowest BCUT2D eigenvalue weighted by Crippen LogP contribution is -2.04. The fourth-order valence-electron chi connectivity index (χ4n) is 1.26. The van der Waals surface area contributed by atoms with Gasteiger partial charge in [-0.05, 0) is 24.6 Å². The molecule has 0 saturated carbocycles. The molecule has 1 heterocycles. The molecule has 0 amide bonds. The second kappa shape index (κ2) is 4.51. The Morgan fingerprint density at radius 1 is 1.33 bits per heavy atom. The van der Waals surface area contributed by atoms with Crippen molar-refractivity contribution in [3.63, 3.8) is 0 Å². The van der Waals surface area contributed by atoms with E-state index < -0.39 is 0 Å². The van der Waals surface area contributed by atoms with E-state index in [0.717, 1.165) is 15.6 Å². The van der Waals surface area contributed by atoms with Crippen LogP contribution in [-0.4, -0.2) is 9.97 Å². The van der Waals surface area contributed by atoms with Crippen LogP contribution in [0.25, 0.3) is 0 Å². The first-order chi connectivity index (χ1) is 7.25. The molecule has 2 rings (SSSR count). The van der Waals surface area contributed by atoms with E-state index in [9.17, 15) is 0 Å². The second-order valence-electron chi connectivity index (χ2n) is 3.35. The van der Waals surface area contributed by atoms with Crippen molar-refractivity contribution in [3.8, 4) is 0 Å². The van der Waals surface area contributed by atoms with Gasteiger partial charge < -0.3 is 10.7 Å². The van der Waals surface area contributed by atoms with E-state index in [2.05, 4.69) is 34.2 Å². The Hall–Kier alpha value is -1.26. The normalized spacial score (nSPS) is 12.7. The summed E-state index contributed by atoms with van der Waals surface area (Å²) < 4.78 is 0. The summed E-state index contributed by atoms with van der Waals surface area (Å²) in [4.78, 5) is 8.36. The van der Waals surface area contributed by atoms with Gasteiger partial charge in [-0.25, -0.2) is 4.98 Å². The van der Waals surface area contributed by atoms with E-state index >= 15 is 0 Å². The maximum Gasteiger partial charge on any atom is 0.170 e. The molecule has 0 aliphatic rings. The number of benzene rings is 1. The molecule has 1 atom stereocenters. The number of hydrogen-bond donors (Lipinski definition) is 2. The van der Waals surface area contributed by atoms with Gasteiger partial charge in [-0.2, -0.15) is 0 Å². The van der Waals surface area contributed by atoms with Crippen LogP contribution in [-0.2, 0) is 0 Å². The van der Waals surface area contributed by atoms with Crippen molar-refractivity contribution >= 4 is 11.8 Å². The predicted octanol–water partition coefficient (Wildman–Crippen LogP) is 2.58. The van der Waals surface area contributed by atoms with Crippen molar-refractivity contribution in [2.45, 2.75) is 23.0 Å². The summed E-state index contributed by atoms with van der Waals surface area (Å²) in [6.45, 7) is 1.98. The number of aromatic nitrogens is 2. The third-order valence-corrected chi connectivity index (χ3v) is 3.02. The Kier molecular flexibility index (Phi) is 3.08. The molecule has 0 aliphatic carbocycles. The maximum atomic E-state index is 5.77. The van der Waals surface area contributed by atoms with Crippen molar-refractivity contribution < 1.29 is 0 Å². The molecule has 1 aromatic heterocycles. The Morgan fingerprint density at radius 2 is 2.07 bits per heavy atom. The van der Waals surface area contributed by atoms with Gasteiger partial charge in [-0.15, -0.1) is 0 Å². The number of H-pyrrole nitrogens is 1. The van der Waals surface area contributed by atoms with Crippen molar-refractivity contribution in [3.05, 3.63) is 42.2 Å². The monoisotopic (exact) mass is 219 g/mol. The molecule has 0 radical (unpaired) electrons. The number of rotatable bonds is 3. The minimum absolute atomic E-state index is 0.0904. The first-order valence-electron chi connectivity index (χ1n) is 4.78. The van der Waals surface area contributed by atoms with Gasteiger partial charge in [0, 0.05) is 23.3 Å². The zero-order valence-electron chi connectivity index (χ0n) is 8.47. The second-order valence-corrected chi connectivity index (χ2v) is 4.42. The zero-order valence-corrected chi connectivity index (χ0v) is 9.29. The number of aromatic amines is 1. The molecule has 1 aromatic carbocycles. The molecule has 4 heteroatoms. The fraction of sp³-hybridized carbons (Fsp3) is 0.182. The molecular formula is C11H13N3S. The van der Waals surface area contributed by atoms with Crippen LogP contribution in [0.2, 0.25) is 0 Å². The zero-order chi connectivity index (χ0) is 10.7. The third-order valence-electron chi connectivity index (χ3n) is 2.09. The topological polar surface area (TPSA) is 54.7 Å². The third kappa shape index (κ3) is 2.61. The first kappa shape index (κ1) is 10.3. The SMILES string of the molecule is C[C@@H](N)c1ccc(Sc2ncc[nH]2)cc1. The van der Waals surface area contributed by atoms with E-state index in [4.69, 9.17) is 5.73 Å². The number of imidazole rings is 1. The average molecular weight is 219 g/mol. The summed E-state index contributed by atoms with van der Waals surface area (Å²) in [7, 11) is 0. The summed E-state index contributed by atoms with van der Waals surface area (Å²) in [5.74, 6) is 0. The molecule has 0 unspecified atom stereocenters. The van der Waals surface area contributed by atoms with E-state index in [1.54, 1.807) is 18.0 Å². The molecule has 0 aliphatic heterocycles. The van der Waals surface area contributed by atoms with Crippen LogP contribution in [0.5, 0.6) is 0 Å². The van der Waals surface area contributed by atoms with Crippen LogP contribution in [0.15, 0.2) is 46.7 Å². The van der Waals surface area contributed by atoms with Crippen LogP contribution >= 0.6 is 11.8 Å². The van der Waals surface area contributed by atoms with Gasteiger partial charge in [0.2, 0.25) is 0 Å². The Labute approximate surface area is 93.1 Å². The molecule has 0 fully saturated rings. The molecular weight excluding hydrogens is 206 g/mol. The lowest BCUT2D eigenvalue weighted by molar-refractivity contribution is 0.817. The standard InChI is InChI=1S/C11H13N3S/c1-8(12)9-2-4-10(5-3-9)15-11-13-6-7-14-11/h2-8H,12H2,1H3,(H,13,14)/t8-/m1/s1. The fourth-order valence-corrected chi connectivity index (χ4v) is 1.99. The highest BCUT2D eigenvalue weighted by Crippen LogP contribution is 2.25. The van der Waals surface area contributed by atoms with Crippen molar-refractivity contribution in [2.75, 3.05) is 0 Å². The lowest BCUT2D eigenvalue weighted by Gasteiger charge is -2.05. The smallest absolute Gasteiger partial charge is 0.170 e. The molecule has 0 saturated heterocycles. The number of nitrogens with two attached hydrogens (primary N) is 1. The summed E-state index contributed by atoms with van der Waals surface area (Å²) >= 11 is 1.61. The molecule has 15 heavy (non-hydrogen) atoms. The Morgan fingerprint density at radius 3 is 2.60 bits per heavy atom. The molecule has 0 bridgehead atoms. The number of hydrogen-bond acceptors (Lipinski definition) is 3. The Bertz CT molecular complexity index is 406. The van der Waals surface area contributed by atoms with Gasteiger partial charge in [0.05, 0.1) is 0 Å². The average Bonchev–Trinajstić information content (AvgIpc) is 2.71. The molecule has 78 valence electrons. The van der Waals surface area contributed by atoms with Crippen LogP contribution in [0.3, 0.4) is 0 Å². The largest absolute Gasteiger partial charge is 0.339 e. The van der Waals surface area contributed by atoms with Crippen LogP contribution in [0, 0.1) is 0 Å². The van der Waals surface area contributed by atoms with E-state index in [1.165, 1.54) is 0 Å². The Balaban J connectivity index is 2.11. The number of nitrogens with zero attached hydrogens (tertiary/aromatic N) is 1. The minimum atomic E-state index is 0.0904. The summed E-state index contributed by atoms with van der Waals surface area (Å²) in [6.07, 6.45) is 3.57. The van der Waals surface area contributed by atoms with Gasteiger partial charge in [0.15, 0.2) is 5.16 Å².